The van der Waals surface area contributed by atoms with Gasteiger partial charge in [0.2, 0.25) is 17.7 Å². The molecule has 0 radical (unpaired) electrons. The SMILES string of the molecule is CC(C)CC(NC(=O)CN)C(=O)NC(Cc1cnc[nH]1)C(=O)NC(Cc1ccc(O)cc1)C(=O)O. The topological polar surface area (TPSA) is 200 Å². The molecule has 0 saturated heterocycles. The smallest absolute Gasteiger partial charge is 0.326 e. The number of aromatic nitrogens is 2. The van der Waals surface area contributed by atoms with E-state index in [0.29, 0.717) is 17.7 Å². The van der Waals surface area contributed by atoms with Crippen LogP contribution in [0.2, 0.25) is 0 Å². The van der Waals surface area contributed by atoms with Gasteiger partial charge in [0, 0.05) is 24.7 Å². The van der Waals surface area contributed by atoms with Crippen molar-refractivity contribution in [3.63, 3.8) is 0 Å². The Morgan fingerprint density at radius 2 is 1.60 bits per heavy atom. The Balaban J connectivity index is 2.19. The summed E-state index contributed by atoms with van der Waals surface area (Å²) in [5, 5.41) is 26.7. The van der Waals surface area contributed by atoms with Crippen LogP contribution < -0.4 is 21.7 Å². The number of hydrogen-bond donors (Lipinski definition) is 7. The minimum atomic E-state index is -1.28. The van der Waals surface area contributed by atoms with Gasteiger partial charge in [-0.25, -0.2) is 9.78 Å². The summed E-state index contributed by atoms with van der Waals surface area (Å²) < 4.78 is 0. The maximum atomic E-state index is 13.1. The van der Waals surface area contributed by atoms with E-state index < -0.39 is 41.8 Å². The lowest BCUT2D eigenvalue weighted by Crippen LogP contribution is -2.57. The highest BCUT2D eigenvalue weighted by Crippen LogP contribution is 2.12. The summed E-state index contributed by atoms with van der Waals surface area (Å²) in [5.74, 6) is -2.99. The molecule has 3 atom stereocenters. The Hall–Kier alpha value is -3.93. The third-order valence-electron chi connectivity index (χ3n) is 5.15. The number of nitrogens with two attached hydrogens (primary N) is 1. The number of benzene rings is 1. The molecule has 3 unspecified atom stereocenters. The molecule has 190 valence electrons. The fraction of sp³-hybridized carbons (Fsp3) is 0.435. The van der Waals surface area contributed by atoms with Crippen molar-refractivity contribution in [1.29, 1.82) is 0 Å². The highest BCUT2D eigenvalue weighted by atomic mass is 16.4. The second kappa shape index (κ2) is 13.1. The van der Waals surface area contributed by atoms with Crippen molar-refractivity contribution in [3.05, 3.63) is 48.0 Å². The van der Waals surface area contributed by atoms with Gasteiger partial charge in [-0.3, -0.25) is 14.4 Å². The van der Waals surface area contributed by atoms with Crippen molar-refractivity contribution in [1.82, 2.24) is 25.9 Å². The van der Waals surface area contributed by atoms with Gasteiger partial charge in [0.05, 0.1) is 12.9 Å². The third-order valence-corrected chi connectivity index (χ3v) is 5.15. The number of phenolic OH excluding ortho intramolecular Hbond substituents is 1. The first-order chi connectivity index (χ1) is 16.6. The number of H-pyrrole nitrogens is 1. The average Bonchev–Trinajstić information content (AvgIpc) is 3.31. The van der Waals surface area contributed by atoms with E-state index in [9.17, 15) is 29.4 Å². The highest BCUT2D eigenvalue weighted by Gasteiger charge is 2.30. The van der Waals surface area contributed by atoms with Crippen molar-refractivity contribution in [2.75, 3.05) is 6.54 Å². The number of rotatable bonds is 13. The minimum Gasteiger partial charge on any atom is -0.508 e. The number of aromatic hydroxyl groups is 1. The predicted molar refractivity (Wildman–Crippen MR) is 126 cm³/mol. The van der Waals surface area contributed by atoms with Gasteiger partial charge in [-0.15, -0.1) is 0 Å². The zero-order chi connectivity index (χ0) is 26.0. The second-order valence-electron chi connectivity index (χ2n) is 8.57. The number of hydrogen-bond acceptors (Lipinski definition) is 7. The van der Waals surface area contributed by atoms with Gasteiger partial charge in [-0.2, -0.15) is 0 Å². The van der Waals surface area contributed by atoms with Crippen LogP contribution in [0.4, 0.5) is 0 Å². The maximum absolute atomic E-state index is 13.1. The molecule has 1 aromatic carbocycles. The van der Waals surface area contributed by atoms with Gasteiger partial charge in [-0.1, -0.05) is 26.0 Å². The van der Waals surface area contributed by atoms with E-state index in [1.165, 1.54) is 24.7 Å². The first-order valence-electron chi connectivity index (χ1n) is 11.2. The van der Waals surface area contributed by atoms with Gasteiger partial charge >= 0.3 is 5.97 Å². The van der Waals surface area contributed by atoms with Crippen molar-refractivity contribution in [3.8, 4) is 5.75 Å². The predicted octanol–water partition coefficient (Wildman–Crippen LogP) is -0.556. The maximum Gasteiger partial charge on any atom is 0.326 e. The van der Waals surface area contributed by atoms with Crippen molar-refractivity contribution in [2.45, 2.75) is 51.2 Å². The summed E-state index contributed by atoms with van der Waals surface area (Å²) in [6.45, 7) is 3.46. The van der Waals surface area contributed by atoms with E-state index >= 15 is 0 Å². The number of aliphatic carboxylic acids is 1. The van der Waals surface area contributed by atoms with E-state index in [1.807, 2.05) is 13.8 Å². The second-order valence-corrected chi connectivity index (χ2v) is 8.57. The number of carboxylic acid groups (broad SMARTS) is 1. The number of carboxylic acids is 1. The molecular weight excluding hydrogens is 456 g/mol. The summed E-state index contributed by atoms with van der Waals surface area (Å²) in [5.41, 5.74) is 6.49. The first kappa shape index (κ1) is 27.3. The summed E-state index contributed by atoms with van der Waals surface area (Å²) in [6, 6.07) is 2.60. The lowest BCUT2D eigenvalue weighted by Gasteiger charge is -2.25. The van der Waals surface area contributed by atoms with Gasteiger partial charge in [0.1, 0.15) is 23.9 Å². The zero-order valence-electron chi connectivity index (χ0n) is 19.7. The van der Waals surface area contributed by atoms with Crippen LogP contribution in [0.25, 0.3) is 0 Å². The molecule has 1 heterocycles. The number of imidazole rings is 1. The van der Waals surface area contributed by atoms with Crippen LogP contribution in [0.15, 0.2) is 36.8 Å². The standard InChI is InChI=1S/C23H32N6O6/c1-13(2)7-17(27-20(31)10-24)21(32)28-18(9-15-11-25-12-26-15)22(33)29-19(23(34)35)8-14-3-5-16(30)6-4-14/h3-6,11-13,17-19,30H,7-10,24H2,1-2H3,(H,25,26)(H,27,31)(H,28,32)(H,29,33)(H,34,35). The summed E-state index contributed by atoms with van der Waals surface area (Å²) >= 11 is 0. The van der Waals surface area contributed by atoms with Gasteiger partial charge in [0.15, 0.2) is 0 Å². The lowest BCUT2D eigenvalue weighted by atomic mass is 10.0. The molecule has 0 fully saturated rings. The van der Waals surface area contributed by atoms with Crippen molar-refractivity contribution < 1.29 is 29.4 Å². The Kier molecular flexibility index (Phi) is 10.2. The molecule has 12 nitrogen and oxygen atoms in total. The number of amides is 3. The molecule has 0 saturated carbocycles. The Bertz CT molecular complexity index is 992. The summed E-state index contributed by atoms with van der Waals surface area (Å²) in [6.07, 6.45) is 3.20. The number of carbonyl (C=O) groups is 4. The van der Waals surface area contributed by atoms with Crippen molar-refractivity contribution >= 4 is 23.7 Å². The molecular formula is C23H32N6O6. The molecule has 2 aromatic rings. The van der Waals surface area contributed by atoms with Gasteiger partial charge < -0.3 is 36.9 Å². The van der Waals surface area contributed by atoms with Crippen LogP contribution in [-0.2, 0) is 32.0 Å². The quantitative estimate of drug-likeness (QED) is 0.194. The molecule has 0 aliphatic carbocycles. The minimum absolute atomic E-state index is 0.0162. The van der Waals surface area contributed by atoms with Crippen LogP contribution >= 0.6 is 0 Å². The summed E-state index contributed by atoms with van der Waals surface area (Å²) in [4.78, 5) is 56.5. The van der Waals surface area contributed by atoms with Crippen LogP contribution in [0.1, 0.15) is 31.5 Å². The largest absolute Gasteiger partial charge is 0.508 e. The molecule has 3 amide bonds. The van der Waals surface area contributed by atoms with Crippen molar-refractivity contribution in [2.24, 2.45) is 11.7 Å². The lowest BCUT2D eigenvalue weighted by molar-refractivity contribution is -0.142. The van der Waals surface area contributed by atoms with E-state index in [2.05, 4.69) is 25.9 Å². The molecule has 8 N–H and O–H groups in total. The number of carbonyl (C=O) groups excluding carboxylic acids is 3. The monoisotopic (exact) mass is 488 g/mol. The number of phenols is 1. The van der Waals surface area contributed by atoms with E-state index in [4.69, 9.17) is 5.73 Å². The molecule has 0 bridgehead atoms. The van der Waals surface area contributed by atoms with E-state index in [-0.39, 0.29) is 31.1 Å². The molecule has 2 rings (SSSR count). The van der Waals surface area contributed by atoms with Crippen LogP contribution in [0.3, 0.4) is 0 Å². The first-order valence-corrected chi connectivity index (χ1v) is 11.2. The van der Waals surface area contributed by atoms with Gasteiger partial charge in [0.25, 0.3) is 0 Å². The van der Waals surface area contributed by atoms with E-state index in [0.717, 1.165) is 0 Å². The Morgan fingerprint density at radius 3 is 2.14 bits per heavy atom. The Labute approximate surface area is 202 Å². The Morgan fingerprint density at radius 1 is 0.971 bits per heavy atom. The number of nitrogens with zero attached hydrogens (tertiary/aromatic N) is 1. The molecule has 1 aromatic heterocycles. The van der Waals surface area contributed by atoms with Crippen LogP contribution in [0, 0.1) is 5.92 Å². The molecule has 0 spiro atoms. The van der Waals surface area contributed by atoms with Gasteiger partial charge in [-0.05, 0) is 30.0 Å². The normalized spacial score (nSPS) is 13.5. The molecule has 35 heavy (non-hydrogen) atoms. The molecule has 0 aliphatic heterocycles. The fourth-order valence-corrected chi connectivity index (χ4v) is 3.39. The zero-order valence-corrected chi connectivity index (χ0v) is 19.7. The summed E-state index contributed by atoms with van der Waals surface area (Å²) in [7, 11) is 0. The highest BCUT2D eigenvalue weighted by molar-refractivity contribution is 5.93. The van der Waals surface area contributed by atoms with Crippen LogP contribution in [0.5, 0.6) is 5.75 Å². The molecule has 12 heteroatoms. The number of aromatic amines is 1. The number of nitrogens with one attached hydrogen (secondary N) is 4. The van der Waals surface area contributed by atoms with E-state index in [1.54, 1.807) is 12.1 Å². The van der Waals surface area contributed by atoms with Crippen LogP contribution in [-0.4, -0.2) is 68.5 Å². The average molecular weight is 489 g/mol. The fourth-order valence-electron chi connectivity index (χ4n) is 3.39. The third kappa shape index (κ3) is 9.08. The molecule has 0 aliphatic rings.